The molecule has 0 spiro atoms. The molecular formula is C21H28N4O. The Morgan fingerprint density at radius 1 is 1.19 bits per heavy atom. The molecule has 1 atom stereocenters. The van der Waals surface area contributed by atoms with Crippen molar-refractivity contribution in [2.45, 2.75) is 52.0 Å². The van der Waals surface area contributed by atoms with Crippen LogP contribution in [0.3, 0.4) is 0 Å². The summed E-state index contributed by atoms with van der Waals surface area (Å²) in [5.74, 6) is 1.23. The molecule has 1 unspecified atom stereocenters. The molecule has 1 aliphatic heterocycles. The first-order valence-electron chi connectivity index (χ1n) is 9.70. The molecule has 2 heterocycles. The number of aryl methyl sites for hydroxylation is 3. The highest BCUT2D eigenvalue weighted by Gasteiger charge is 2.26. The third-order valence-electron chi connectivity index (χ3n) is 5.82. The molecular weight excluding hydrogens is 324 g/mol. The molecule has 5 nitrogen and oxygen atoms in total. The number of fused-ring (bicyclic) bond motifs is 1. The normalized spacial score (nSPS) is 19.5. The Hall–Kier alpha value is -2.30. The van der Waals surface area contributed by atoms with Crippen LogP contribution in [0.25, 0.3) is 0 Å². The number of hydrogen-bond acceptors (Lipinski definition) is 3. The van der Waals surface area contributed by atoms with Gasteiger partial charge in [-0.3, -0.25) is 9.48 Å². The van der Waals surface area contributed by atoms with Gasteiger partial charge >= 0.3 is 0 Å². The first-order valence-corrected chi connectivity index (χ1v) is 9.70. The zero-order valence-corrected chi connectivity index (χ0v) is 16.0. The molecule has 0 radical (unpaired) electrons. The fourth-order valence-corrected chi connectivity index (χ4v) is 4.56. The van der Waals surface area contributed by atoms with Crippen LogP contribution < -0.4 is 10.2 Å². The quantitative estimate of drug-likeness (QED) is 0.924. The van der Waals surface area contributed by atoms with E-state index in [4.69, 9.17) is 0 Å². The fourth-order valence-electron chi connectivity index (χ4n) is 4.56. The topological polar surface area (TPSA) is 50.2 Å². The molecule has 0 saturated carbocycles. The smallest absolute Gasteiger partial charge is 0.251 e. The number of rotatable bonds is 3. The van der Waals surface area contributed by atoms with Crippen molar-refractivity contribution in [1.82, 2.24) is 15.1 Å². The van der Waals surface area contributed by atoms with E-state index in [-0.39, 0.29) is 11.9 Å². The predicted octanol–water partition coefficient (Wildman–Crippen LogP) is 2.92. The number of piperidine rings is 1. The summed E-state index contributed by atoms with van der Waals surface area (Å²) in [6.45, 7) is 6.04. The molecule has 1 aromatic carbocycles. The average molecular weight is 352 g/mol. The third kappa shape index (κ3) is 3.11. The summed E-state index contributed by atoms with van der Waals surface area (Å²) in [7, 11) is 1.99. The minimum absolute atomic E-state index is 0.0937. The number of benzene rings is 1. The molecule has 1 fully saturated rings. The van der Waals surface area contributed by atoms with Crippen molar-refractivity contribution >= 4 is 11.7 Å². The maximum absolute atomic E-state index is 13.0. The Kier molecular flexibility index (Phi) is 4.47. The van der Waals surface area contributed by atoms with Crippen molar-refractivity contribution in [2.75, 3.05) is 18.0 Å². The molecule has 1 aliphatic carbocycles. The first kappa shape index (κ1) is 17.1. The van der Waals surface area contributed by atoms with E-state index in [2.05, 4.69) is 34.4 Å². The standard InChI is InChI=1S/C21H28N4O/c1-14-9-10-19(18-8-4-7-17(14)18)21(26)22-16-6-5-11-25(13-16)20-12-15(2)23-24(20)3/h9-10,12,16H,4-8,11,13H2,1-3H3,(H,22,26). The molecule has 1 N–H and O–H groups in total. The minimum Gasteiger partial charge on any atom is -0.355 e. The van der Waals surface area contributed by atoms with E-state index in [1.165, 1.54) is 16.7 Å². The van der Waals surface area contributed by atoms with Crippen LogP contribution in [-0.2, 0) is 19.9 Å². The van der Waals surface area contributed by atoms with E-state index in [9.17, 15) is 4.79 Å². The number of anilines is 1. The van der Waals surface area contributed by atoms with Crippen LogP contribution in [0.2, 0.25) is 0 Å². The van der Waals surface area contributed by atoms with E-state index in [1.807, 2.05) is 24.7 Å². The van der Waals surface area contributed by atoms with Crippen LogP contribution in [0, 0.1) is 13.8 Å². The first-order chi connectivity index (χ1) is 12.5. The monoisotopic (exact) mass is 352 g/mol. The van der Waals surface area contributed by atoms with E-state index in [0.717, 1.165) is 62.3 Å². The number of hydrogen-bond donors (Lipinski definition) is 1. The van der Waals surface area contributed by atoms with Crippen molar-refractivity contribution in [3.8, 4) is 0 Å². The highest BCUT2D eigenvalue weighted by atomic mass is 16.1. The van der Waals surface area contributed by atoms with Gasteiger partial charge in [0.05, 0.1) is 5.69 Å². The number of amides is 1. The number of carbonyl (C=O) groups is 1. The van der Waals surface area contributed by atoms with Crippen LogP contribution in [0.15, 0.2) is 18.2 Å². The molecule has 2 aliphatic rings. The number of carbonyl (C=O) groups excluding carboxylic acids is 1. The minimum atomic E-state index is 0.0937. The number of nitrogens with zero attached hydrogens (tertiary/aromatic N) is 3. The maximum Gasteiger partial charge on any atom is 0.251 e. The van der Waals surface area contributed by atoms with Crippen molar-refractivity contribution in [3.05, 3.63) is 46.1 Å². The van der Waals surface area contributed by atoms with E-state index >= 15 is 0 Å². The summed E-state index contributed by atoms with van der Waals surface area (Å²) in [5, 5.41) is 7.76. The lowest BCUT2D eigenvalue weighted by atomic mass is 9.97. The summed E-state index contributed by atoms with van der Waals surface area (Å²) in [6.07, 6.45) is 5.43. The molecule has 4 rings (SSSR count). The van der Waals surface area contributed by atoms with Crippen LogP contribution in [0.5, 0.6) is 0 Å². The summed E-state index contributed by atoms with van der Waals surface area (Å²) >= 11 is 0. The van der Waals surface area contributed by atoms with Gasteiger partial charge in [-0.1, -0.05) is 6.07 Å². The Balaban J connectivity index is 1.48. The van der Waals surface area contributed by atoms with Gasteiger partial charge in [0.25, 0.3) is 5.91 Å². The van der Waals surface area contributed by atoms with Gasteiger partial charge in [0, 0.05) is 37.8 Å². The zero-order chi connectivity index (χ0) is 18.3. The molecule has 1 amide bonds. The highest BCUT2D eigenvalue weighted by Crippen LogP contribution is 2.28. The molecule has 2 aromatic rings. The molecule has 0 bridgehead atoms. The van der Waals surface area contributed by atoms with Crippen LogP contribution in [0.4, 0.5) is 5.82 Å². The lowest BCUT2D eigenvalue weighted by Crippen LogP contribution is -2.48. The van der Waals surface area contributed by atoms with Gasteiger partial charge in [-0.2, -0.15) is 5.10 Å². The summed E-state index contributed by atoms with van der Waals surface area (Å²) in [4.78, 5) is 15.3. The van der Waals surface area contributed by atoms with Crippen molar-refractivity contribution in [3.63, 3.8) is 0 Å². The van der Waals surface area contributed by atoms with Gasteiger partial charge in [-0.05, 0) is 68.7 Å². The summed E-state index contributed by atoms with van der Waals surface area (Å²) < 4.78 is 1.94. The van der Waals surface area contributed by atoms with Gasteiger partial charge in [0.1, 0.15) is 5.82 Å². The van der Waals surface area contributed by atoms with Crippen molar-refractivity contribution in [2.24, 2.45) is 7.05 Å². The predicted molar refractivity (Wildman–Crippen MR) is 104 cm³/mol. The second-order valence-corrected chi connectivity index (χ2v) is 7.77. The van der Waals surface area contributed by atoms with E-state index < -0.39 is 0 Å². The Labute approximate surface area is 155 Å². The van der Waals surface area contributed by atoms with Crippen LogP contribution in [0.1, 0.15) is 52.0 Å². The average Bonchev–Trinajstić information content (AvgIpc) is 3.22. The fraction of sp³-hybridized carbons (Fsp3) is 0.524. The molecule has 5 heteroatoms. The number of nitrogens with one attached hydrogen (secondary N) is 1. The van der Waals surface area contributed by atoms with Gasteiger partial charge < -0.3 is 10.2 Å². The Morgan fingerprint density at radius 2 is 2.00 bits per heavy atom. The maximum atomic E-state index is 13.0. The van der Waals surface area contributed by atoms with Gasteiger partial charge in [-0.25, -0.2) is 0 Å². The summed E-state index contributed by atoms with van der Waals surface area (Å²) in [6, 6.07) is 6.42. The Bertz CT molecular complexity index is 839. The second kappa shape index (κ2) is 6.78. The van der Waals surface area contributed by atoms with E-state index in [1.54, 1.807) is 0 Å². The second-order valence-electron chi connectivity index (χ2n) is 7.77. The zero-order valence-electron chi connectivity index (χ0n) is 16.0. The lowest BCUT2D eigenvalue weighted by Gasteiger charge is -2.34. The lowest BCUT2D eigenvalue weighted by molar-refractivity contribution is 0.0932. The molecule has 1 aromatic heterocycles. The highest BCUT2D eigenvalue weighted by molar-refractivity contribution is 5.96. The van der Waals surface area contributed by atoms with Crippen LogP contribution in [-0.4, -0.2) is 34.8 Å². The van der Waals surface area contributed by atoms with Gasteiger partial charge in [0.15, 0.2) is 0 Å². The largest absolute Gasteiger partial charge is 0.355 e. The number of aromatic nitrogens is 2. The van der Waals surface area contributed by atoms with Crippen molar-refractivity contribution in [1.29, 1.82) is 0 Å². The van der Waals surface area contributed by atoms with Gasteiger partial charge in [0.2, 0.25) is 0 Å². The van der Waals surface area contributed by atoms with Crippen LogP contribution >= 0.6 is 0 Å². The van der Waals surface area contributed by atoms with Crippen molar-refractivity contribution < 1.29 is 4.79 Å². The van der Waals surface area contributed by atoms with Gasteiger partial charge in [-0.15, -0.1) is 0 Å². The summed E-state index contributed by atoms with van der Waals surface area (Å²) in [5.41, 5.74) is 5.91. The molecule has 26 heavy (non-hydrogen) atoms. The van der Waals surface area contributed by atoms with E-state index in [0.29, 0.717) is 0 Å². The Morgan fingerprint density at radius 3 is 2.77 bits per heavy atom. The molecule has 138 valence electrons. The SMILES string of the molecule is Cc1cc(N2CCCC(NC(=O)c3ccc(C)c4c3CCC4)C2)n(C)n1. The molecule has 1 saturated heterocycles. The third-order valence-corrected chi connectivity index (χ3v) is 5.82.